The minimum absolute atomic E-state index is 0.740. The Morgan fingerprint density at radius 2 is 1.38 bits per heavy atom. The second kappa shape index (κ2) is 6.09. The van der Waals surface area contributed by atoms with Crippen LogP contribution in [0.4, 0.5) is 11.4 Å². The summed E-state index contributed by atoms with van der Waals surface area (Å²) in [6, 6.07) is 23.9. The predicted octanol–water partition coefficient (Wildman–Crippen LogP) is 4.76. The molecule has 0 N–H and O–H groups in total. The number of hydrogen-bond acceptors (Lipinski definition) is 3. The summed E-state index contributed by atoms with van der Waals surface area (Å²) in [5, 5.41) is 6.45. The number of para-hydroxylation sites is 2. The van der Waals surface area contributed by atoms with Gasteiger partial charge in [-0.2, -0.15) is 5.10 Å². The van der Waals surface area contributed by atoms with Crippen LogP contribution in [-0.4, -0.2) is 6.21 Å². The SMILES string of the molecule is Cc1ccc(C=NN(c2ccccc2)c2ccccc2)o1. The van der Waals surface area contributed by atoms with Crippen molar-refractivity contribution in [3.63, 3.8) is 0 Å². The number of nitrogens with zero attached hydrogens (tertiary/aromatic N) is 2. The van der Waals surface area contributed by atoms with Gasteiger partial charge in [0.1, 0.15) is 11.5 Å². The molecule has 1 aromatic heterocycles. The Balaban J connectivity index is 1.95. The molecule has 0 fully saturated rings. The van der Waals surface area contributed by atoms with Crippen LogP contribution in [0.2, 0.25) is 0 Å². The van der Waals surface area contributed by atoms with E-state index in [0.29, 0.717) is 0 Å². The highest BCUT2D eigenvalue weighted by molar-refractivity contribution is 5.78. The molecule has 0 atom stereocenters. The largest absolute Gasteiger partial charge is 0.460 e. The smallest absolute Gasteiger partial charge is 0.147 e. The van der Waals surface area contributed by atoms with Crippen LogP contribution in [0, 0.1) is 6.92 Å². The average Bonchev–Trinajstić information content (AvgIpc) is 2.95. The molecular weight excluding hydrogens is 260 g/mol. The van der Waals surface area contributed by atoms with E-state index >= 15 is 0 Å². The van der Waals surface area contributed by atoms with E-state index in [0.717, 1.165) is 22.9 Å². The van der Waals surface area contributed by atoms with Crippen molar-refractivity contribution in [2.24, 2.45) is 5.10 Å². The Hall–Kier alpha value is -2.81. The number of furan rings is 1. The van der Waals surface area contributed by atoms with Gasteiger partial charge < -0.3 is 4.42 Å². The molecule has 0 amide bonds. The van der Waals surface area contributed by atoms with Crippen LogP contribution >= 0.6 is 0 Å². The van der Waals surface area contributed by atoms with Gasteiger partial charge in [0.15, 0.2) is 0 Å². The van der Waals surface area contributed by atoms with Crippen LogP contribution in [0.15, 0.2) is 82.3 Å². The summed E-state index contributed by atoms with van der Waals surface area (Å²) >= 11 is 0. The molecule has 0 saturated heterocycles. The first kappa shape index (κ1) is 13.2. The topological polar surface area (TPSA) is 28.7 Å². The third-order valence-corrected chi connectivity index (χ3v) is 3.06. The fourth-order valence-electron chi connectivity index (χ4n) is 2.06. The standard InChI is InChI=1S/C18H16N2O/c1-15-12-13-18(21-15)14-19-20(16-8-4-2-5-9-16)17-10-6-3-7-11-17/h2-14H,1H3. The van der Waals surface area contributed by atoms with Crippen LogP contribution in [-0.2, 0) is 0 Å². The molecule has 0 unspecified atom stereocenters. The Morgan fingerprint density at radius 1 is 0.810 bits per heavy atom. The first-order valence-corrected chi connectivity index (χ1v) is 6.83. The lowest BCUT2D eigenvalue weighted by atomic mass is 10.2. The van der Waals surface area contributed by atoms with Gasteiger partial charge in [-0.3, -0.25) is 0 Å². The molecule has 3 aromatic rings. The average molecular weight is 276 g/mol. The summed E-state index contributed by atoms with van der Waals surface area (Å²) in [6.45, 7) is 1.92. The van der Waals surface area contributed by atoms with Gasteiger partial charge in [0.25, 0.3) is 0 Å². The van der Waals surface area contributed by atoms with Gasteiger partial charge in [-0.15, -0.1) is 0 Å². The van der Waals surface area contributed by atoms with E-state index in [1.54, 1.807) is 6.21 Å². The maximum Gasteiger partial charge on any atom is 0.147 e. The normalized spacial score (nSPS) is 10.9. The molecule has 3 nitrogen and oxygen atoms in total. The molecule has 3 heteroatoms. The Labute approximate surface area is 124 Å². The molecule has 0 radical (unpaired) electrons. The summed E-state index contributed by atoms with van der Waals surface area (Å²) in [4.78, 5) is 0. The molecule has 3 rings (SSSR count). The molecule has 2 aromatic carbocycles. The first-order chi connectivity index (χ1) is 10.3. The summed E-state index contributed by atoms with van der Waals surface area (Å²) < 4.78 is 5.53. The molecule has 0 spiro atoms. The second-order valence-electron chi connectivity index (χ2n) is 4.68. The summed E-state index contributed by atoms with van der Waals surface area (Å²) in [6.07, 6.45) is 1.73. The molecule has 0 aliphatic carbocycles. The van der Waals surface area contributed by atoms with Crippen molar-refractivity contribution in [1.82, 2.24) is 0 Å². The summed E-state index contributed by atoms with van der Waals surface area (Å²) in [5.41, 5.74) is 2.01. The highest BCUT2D eigenvalue weighted by Crippen LogP contribution is 2.25. The van der Waals surface area contributed by atoms with Crippen LogP contribution in [0.25, 0.3) is 0 Å². The fraction of sp³-hybridized carbons (Fsp3) is 0.0556. The molecular formula is C18H16N2O. The van der Waals surface area contributed by atoms with E-state index in [2.05, 4.69) is 5.10 Å². The predicted molar refractivity (Wildman–Crippen MR) is 86.1 cm³/mol. The van der Waals surface area contributed by atoms with Gasteiger partial charge in [0.05, 0.1) is 17.6 Å². The molecule has 21 heavy (non-hydrogen) atoms. The highest BCUT2D eigenvalue weighted by Gasteiger charge is 2.06. The van der Waals surface area contributed by atoms with Crippen molar-refractivity contribution in [2.75, 3.05) is 5.01 Å². The molecule has 0 saturated carbocycles. The van der Waals surface area contributed by atoms with Crippen molar-refractivity contribution >= 4 is 17.6 Å². The molecule has 0 bridgehead atoms. The fourth-order valence-corrected chi connectivity index (χ4v) is 2.06. The van der Waals surface area contributed by atoms with Crippen molar-refractivity contribution in [3.05, 3.63) is 84.3 Å². The van der Waals surface area contributed by atoms with Crippen LogP contribution < -0.4 is 5.01 Å². The maximum atomic E-state index is 5.53. The van der Waals surface area contributed by atoms with Gasteiger partial charge in [-0.25, -0.2) is 5.01 Å². The highest BCUT2D eigenvalue weighted by atomic mass is 16.3. The minimum Gasteiger partial charge on any atom is -0.460 e. The van der Waals surface area contributed by atoms with Gasteiger partial charge in [0, 0.05) is 0 Å². The number of benzene rings is 2. The van der Waals surface area contributed by atoms with E-state index in [1.165, 1.54) is 0 Å². The van der Waals surface area contributed by atoms with Gasteiger partial charge in [-0.1, -0.05) is 36.4 Å². The number of rotatable bonds is 4. The maximum absolute atomic E-state index is 5.53. The molecule has 0 aliphatic rings. The Kier molecular flexibility index (Phi) is 3.83. The molecule has 104 valence electrons. The quantitative estimate of drug-likeness (QED) is 0.507. The monoisotopic (exact) mass is 276 g/mol. The van der Waals surface area contributed by atoms with Crippen LogP contribution in [0.3, 0.4) is 0 Å². The first-order valence-electron chi connectivity index (χ1n) is 6.83. The second-order valence-corrected chi connectivity index (χ2v) is 4.68. The van der Waals surface area contributed by atoms with Crippen molar-refractivity contribution in [1.29, 1.82) is 0 Å². The van der Waals surface area contributed by atoms with E-state index in [9.17, 15) is 0 Å². The van der Waals surface area contributed by atoms with Crippen LogP contribution in [0.5, 0.6) is 0 Å². The van der Waals surface area contributed by atoms with Crippen molar-refractivity contribution < 1.29 is 4.42 Å². The van der Waals surface area contributed by atoms with E-state index < -0.39 is 0 Å². The van der Waals surface area contributed by atoms with E-state index in [1.807, 2.05) is 84.7 Å². The van der Waals surface area contributed by atoms with Gasteiger partial charge >= 0.3 is 0 Å². The number of hydrazone groups is 1. The summed E-state index contributed by atoms with van der Waals surface area (Å²) in [5.74, 6) is 1.62. The van der Waals surface area contributed by atoms with E-state index in [-0.39, 0.29) is 0 Å². The van der Waals surface area contributed by atoms with E-state index in [4.69, 9.17) is 4.42 Å². The van der Waals surface area contributed by atoms with Crippen LogP contribution in [0.1, 0.15) is 11.5 Å². The third-order valence-electron chi connectivity index (χ3n) is 3.06. The Bertz CT molecular complexity index is 678. The number of hydrogen-bond donors (Lipinski definition) is 0. The lowest BCUT2D eigenvalue weighted by molar-refractivity contribution is 0.528. The van der Waals surface area contributed by atoms with Crippen molar-refractivity contribution in [3.8, 4) is 0 Å². The zero-order valence-corrected chi connectivity index (χ0v) is 11.8. The zero-order valence-electron chi connectivity index (χ0n) is 11.8. The van der Waals surface area contributed by atoms with Gasteiger partial charge in [-0.05, 0) is 43.3 Å². The van der Waals surface area contributed by atoms with Crippen molar-refractivity contribution in [2.45, 2.75) is 6.92 Å². The minimum atomic E-state index is 0.740. The number of aryl methyl sites for hydroxylation is 1. The lowest BCUT2D eigenvalue weighted by Gasteiger charge is -2.18. The molecule has 1 heterocycles. The zero-order chi connectivity index (χ0) is 14.5. The molecule has 0 aliphatic heterocycles. The lowest BCUT2D eigenvalue weighted by Crippen LogP contribution is -2.08. The summed E-state index contributed by atoms with van der Waals surface area (Å²) in [7, 11) is 0. The number of anilines is 2. The Morgan fingerprint density at radius 3 is 1.86 bits per heavy atom. The third kappa shape index (κ3) is 3.20. The van der Waals surface area contributed by atoms with Gasteiger partial charge in [0.2, 0.25) is 0 Å².